The predicted octanol–water partition coefficient (Wildman–Crippen LogP) is 2.97. The van der Waals surface area contributed by atoms with Crippen molar-refractivity contribution in [3.8, 4) is 0 Å². The lowest BCUT2D eigenvalue weighted by molar-refractivity contribution is -0.384. The van der Waals surface area contributed by atoms with Crippen LogP contribution in [-0.2, 0) is 14.4 Å². The van der Waals surface area contributed by atoms with E-state index in [0.717, 1.165) is 6.07 Å². The highest BCUT2D eigenvalue weighted by Crippen LogP contribution is 2.34. The minimum Gasteiger partial charge on any atom is -0.266 e. The van der Waals surface area contributed by atoms with E-state index < -0.39 is 26.9 Å². The molecular formula is C19H12N2O7S. The lowest BCUT2D eigenvalue weighted by atomic mass is 9.94. The van der Waals surface area contributed by atoms with Crippen LogP contribution >= 0.6 is 0 Å². The zero-order valence-corrected chi connectivity index (χ0v) is 15.7. The molecule has 4 rings (SSSR count). The van der Waals surface area contributed by atoms with Crippen LogP contribution in [0.25, 0.3) is 10.8 Å². The van der Waals surface area contributed by atoms with Gasteiger partial charge >= 0.3 is 10.1 Å². The van der Waals surface area contributed by atoms with Gasteiger partial charge in [0.05, 0.1) is 20.9 Å². The molecule has 9 nitrogen and oxygen atoms in total. The van der Waals surface area contributed by atoms with Crippen molar-refractivity contribution in [3.05, 3.63) is 81.4 Å². The van der Waals surface area contributed by atoms with Crippen LogP contribution in [0.2, 0.25) is 0 Å². The largest absolute Gasteiger partial charge is 0.318 e. The van der Waals surface area contributed by atoms with Gasteiger partial charge in [-0.25, -0.2) is 0 Å². The molecule has 0 saturated heterocycles. The second-order valence-electron chi connectivity index (χ2n) is 6.35. The molecule has 1 heterocycles. The predicted molar refractivity (Wildman–Crippen MR) is 101 cm³/mol. The zero-order valence-electron chi connectivity index (χ0n) is 14.9. The van der Waals surface area contributed by atoms with Gasteiger partial charge in [0.25, 0.3) is 17.5 Å². The summed E-state index contributed by atoms with van der Waals surface area (Å²) in [6, 6.07) is 12.6. The SMILES string of the molecule is Cc1ccccc1S(=O)(=O)ON1C(=O)c2cccc3cc([N+](=O)[O-])cc(c23)C1=O. The maximum absolute atomic E-state index is 12.9. The van der Waals surface area contributed by atoms with Crippen LogP contribution in [-0.4, -0.2) is 30.2 Å². The van der Waals surface area contributed by atoms with E-state index in [2.05, 4.69) is 0 Å². The lowest BCUT2D eigenvalue weighted by Gasteiger charge is -2.25. The monoisotopic (exact) mass is 412 g/mol. The van der Waals surface area contributed by atoms with Gasteiger partial charge in [0.2, 0.25) is 0 Å². The van der Waals surface area contributed by atoms with Crippen molar-refractivity contribution in [3.63, 3.8) is 0 Å². The molecule has 3 aromatic rings. The molecular weight excluding hydrogens is 400 g/mol. The Hall–Kier alpha value is -3.63. The number of hydroxylamine groups is 2. The van der Waals surface area contributed by atoms with Crippen molar-refractivity contribution in [2.45, 2.75) is 11.8 Å². The summed E-state index contributed by atoms with van der Waals surface area (Å²) in [4.78, 5) is 36.0. The van der Waals surface area contributed by atoms with E-state index in [-0.39, 0.29) is 32.2 Å². The summed E-state index contributed by atoms with van der Waals surface area (Å²) in [7, 11) is -4.50. The fraction of sp³-hybridized carbons (Fsp3) is 0.0526. The molecule has 1 aliphatic rings. The molecule has 0 N–H and O–H groups in total. The number of carbonyl (C=O) groups is 2. The van der Waals surface area contributed by atoms with Crippen LogP contribution in [0.5, 0.6) is 0 Å². The van der Waals surface area contributed by atoms with Crippen LogP contribution < -0.4 is 0 Å². The Morgan fingerprint density at radius 1 is 0.966 bits per heavy atom. The number of hydrogen-bond donors (Lipinski definition) is 0. The maximum atomic E-state index is 12.9. The average molecular weight is 412 g/mol. The van der Waals surface area contributed by atoms with Crippen molar-refractivity contribution in [1.82, 2.24) is 5.06 Å². The van der Waals surface area contributed by atoms with Crippen molar-refractivity contribution >= 4 is 38.4 Å². The number of benzene rings is 3. The van der Waals surface area contributed by atoms with Crippen molar-refractivity contribution in [2.24, 2.45) is 0 Å². The van der Waals surface area contributed by atoms with E-state index in [1.807, 2.05) is 0 Å². The summed E-state index contributed by atoms with van der Waals surface area (Å²) in [6.07, 6.45) is 0. The van der Waals surface area contributed by atoms with Gasteiger partial charge in [-0.3, -0.25) is 19.7 Å². The molecule has 0 bridgehead atoms. The van der Waals surface area contributed by atoms with Crippen molar-refractivity contribution in [2.75, 3.05) is 0 Å². The number of carbonyl (C=O) groups excluding carboxylic acids is 2. The standard InChI is InChI=1S/C19H12N2O7S/c1-11-5-2-3-8-16(11)29(26,27)28-20-18(22)14-7-4-6-12-9-13(21(24)25)10-15(17(12)14)19(20)23/h2-10H,1H3. The molecule has 0 fully saturated rings. The molecule has 146 valence electrons. The third-order valence-electron chi connectivity index (χ3n) is 4.54. The van der Waals surface area contributed by atoms with Crippen LogP contribution in [0.1, 0.15) is 26.3 Å². The smallest absolute Gasteiger partial charge is 0.266 e. The number of nitrogens with zero attached hydrogens (tertiary/aromatic N) is 2. The van der Waals surface area contributed by atoms with Gasteiger partial charge in [0, 0.05) is 17.5 Å². The number of hydrogen-bond acceptors (Lipinski definition) is 7. The van der Waals surface area contributed by atoms with Gasteiger partial charge in [-0.15, -0.1) is 9.35 Å². The van der Waals surface area contributed by atoms with Crippen LogP contribution in [0.4, 0.5) is 5.69 Å². The third-order valence-corrected chi connectivity index (χ3v) is 5.88. The zero-order chi connectivity index (χ0) is 20.9. The Morgan fingerprint density at radius 2 is 1.66 bits per heavy atom. The van der Waals surface area contributed by atoms with E-state index in [1.54, 1.807) is 6.07 Å². The fourth-order valence-electron chi connectivity index (χ4n) is 3.22. The Kier molecular flexibility index (Phi) is 4.17. The highest BCUT2D eigenvalue weighted by atomic mass is 32.2. The Bertz CT molecular complexity index is 1330. The van der Waals surface area contributed by atoms with Crippen LogP contribution in [0, 0.1) is 17.0 Å². The van der Waals surface area contributed by atoms with Gasteiger partial charge < -0.3 is 0 Å². The van der Waals surface area contributed by atoms with E-state index in [4.69, 9.17) is 4.28 Å². The van der Waals surface area contributed by atoms with Gasteiger partial charge in [0.1, 0.15) is 0 Å². The van der Waals surface area contributed by atoms with Crippen molar-refractivity contribution < 1.29 is 27.2 Å². The average Bonchev–Trinajstić information content (AvgIpc) is 2.69. The summed E-state index contributed by atoms with van der Waals surface area (Å²) in [5.74, 6) is -2.07. The van der Waals surface area contributed by atoms with Crippen LogP contribution in [0.15, 0.2) is 59.5 Å². The molecule has 0 atom stereocenters. The van der Waals surface area contributed by atoms with E-state index >= 15 is 0 Å². The van der Waals surface area contributed by atoms with E-state index in [9.17, 15) is 28.1 Å². The van der Waals surface area contributed by atoms with Crippen molar-refractivity contribution in [1.29, 1.82) is 0 Å². The van der Waals surface area contributed by atoms with Gasteiger partial charge in [-0.05, 0) is 30.0 Å². The number of aryl methyl sites for hydroxylation is 1. The fourth-order valence-corrected chi connectivity index (χ4v) is 4.34. The van der Waals surface area contributed by atoms with E-state index in [0.29, 0.717) is 10.9 Å². The Labute approximate surface area is 164 Å². The minimum atomic E-state index is -4.50. The molecule has 0 aliphatic carbocycles. The summed E-state index contributed by atoms with van der Waals surface area (Å²) in [5.41, 5.74) is -0.187. The summed E-state index contributed by atoms with van der Waals surface area (Å²) >= 11 is 0. The summed E-state index contributed by atoms with van der Waals surface area (Å²) in [5, 5.41) is 11.9. The number of non-ortho nitro benzene ring substituents is 1. The van der Waals surface area contributed by atoms with Gasteiger partial charge in [-0.2, -0.15) is 8.42 Å². The number of nitro benzene ring substituents is 1. The number of nitro groups is 1. The lowest BCUT2D eigenvalue weighted by Crippen LogP contribution is -2.41. The molecule has 29 heavy (non-hydrogen) atoms. The Morgan fingerprint density at radius 3 is 2.34 bits per heavy atom. The first-order chi connectivity index (χ1) is 13.7. The second kappa shape index (κ2) is 6.47. The third kappa shape index (κ3) is 2.94. The van der Waals surface area contributed by atoms with Gasteiger partial charge in [0.15, 0.2) is 0 Å². The second-order valence-corrected chi connectivity index (χ2v) is 7.85. The number of amides is 2. The van der Waals surface area contributed by atoms with Gasteiger partial charge in [-0.1, -0.05) is 30.3 Å². The quantitative estimate of drug-likeness (QED) is 0.366. The minimum absolute atomic E-state index is 0.00646. The molecule has 0 saturated carbocycles. The highest BCUT2D eigenvalue weighted by Gasteiger charge is 2.39. The first-order valence-electron chi connectivity index (χ1n) is 8.31. The highest BCUT2D eigenvalue weighted by molar-refractivity contribution is 7.86. The molecule has 0 radical (unpaired) electrons. The number of imide groups is 1. The maximum Gasteiger partial charge on any atom is 0.318 e. The Balaban J connectivity index is 1.86. The molecule has 3 aromatic carbocycles. The molecule has 0 aromatic heterocycles. The summed E-state index contributed by atoms with van der Waals surface area (Å²) in [6.45, 7) is 1.54. The van der Waals surface area contributed by atoms with E-state index in [1.165, 1.54) is 49.4 Å². The molecule has 2 amide bonds. The molecule has 10 heteroatoms. The molecule has 0 unspecified atom stereocenters. The topological polar surface area (TPSA) is 124 Å². The first-order valence-corrected chi connectivity index (χ1v) is 9.72. The number of rotatable bonds is 4. The molecule has 1 aliphatic heterocycles. The first kappa shape index (κ1) is 18.7. The molecule has 0 spiro atoms. The van der Waals surface area contributed by atoms with Crippen LogP contribution in [0.3, 0.4) is 0 Å². The normalized spacial score (nSPS) is 13.8. The summed E-state index contributed by atoms with van der Waals surface area (Å²) < 4.78 is 30.2.